The van der Waals surface area contributed by atoms with Crippen LogP contribution in [0.1, 0.15) is 0 Å². The second kappa shape index (κ2) is 8.47. The predicted molar refractivity (Wildman–Crippen MR) is 115 cm³/mol. The van der Waals surface area contributed by atoms with E-state index < -0.39 is 10.0 Å². The summed E-state index contributed by atoms with van der Waals surface area (Å²) in [7, 11) is -3.88. The minimum Gasteiger partial charge on any atom is -0.484 e. The van der Waals surface area contributed by atoms with Gasteiger partial charge < -0.3 is 10.1 Å². The zero-order valence-corrected chi connectivity index (χ0v) is 17.1. The van der Waals surface area contributed by atoms with E-state index in [-0.39, 0.29) is 22.5 Å². The quantitative estimate of drug-likeness (QED) is 0.455. The third-order valence-electron chi connectivity index (χ3n) is 4.06. The summed E-state index contributed by atoms with van der Waals surface area (Å²) in [6.45, 7) is -0.190. The molecule has 8 nitrogen and oxygen atoms in total. The number of rotatable bonds is 7. The molecule has 0 aliphatic rings. The Balaban J connectivity index is 1.58. The molecule has 0 saturated carbocycles. The van der Waals surface area contributed by atoms with E-state index in [1.54, 1.807) is 29.6 Å². The number of para-hydroxylation sites is 1. The number of hydrogen-bond donors (Lipinski definition) is 2. The molecule has 0 bridgehead atoms. The van der Waals surface area contributed by atoms with Crippen LogP contribution in [0.3, 0.4) is 0 Å². The highest BCUT2D eigenvalue weighted by molar-refractivity contribution is 7.93. The van der Waals surface area contributed by atoms with E-state index in [9.17, 15) is 13.2 Å². The van der Waals surface area contributed by atoms with Crippen LogP contribution in [0.15, 0.2) is 77.3 Å². The second-order valence-corrected chi connectivity index (χ2v) is 8.65. The third kappa shape index (κ3) is 4.39. The van der Waals surface area contributed by atoms with Crippen molar-refractivity contribution in [2.24, 2.45) is 0 Å². The number of thiazole rings is 1. The lowest BCUT2D eigenvalue weighted by Gasteiger charge is -2.13. The number of sulfonamides is 1. The van der Waals surface area contributed by atoms with E-state index in [1.807, 2.05) is 18.2 Å². The fourth-order valence-electron chi connectivity index (χ4n) is 2.78. The van der Waals surface area contributed by atoms with Gasteiger partial charge in [0.1, 0.15) is 5.75 Å². The summed E-state index contributed by atoms with van der Waals surface area (Å²) < 4.78 is 33.5. The van der Waals surface area contributed by atoms with Crippen LogP contribution in [-0.4, -0.2) is 30.9 Å². The van der Waals surface area contributed by atoms with Crippen molar-refractivity contribution in [1.29, 1.82) is 0 Å². The van der Waals surface area contributed by atoms with Gasteiger partial charge in [0.25, 0.3) is 15.9 Å². The first-order valence-corrected chi connectivity index (χ1v) is 11.2. The number of nitrogens with one attached hydrogen (secondary N) is 2. The lowest BCUT2D eigenvalue weighted by molar-refractivity contribution is -0.118. The Kier molecular flexibility index (Phi) is 5.59. The Hall–Kier alpha value is -3.50. The highest BCUT2D eigenvalue weighted by atomic mass is 32.2. The monoisotopic (exact) mass is 440 g/mol. The third-order valence-corrected chi connectivity index (χ3v) is 6.28. The average Bonchev–Trinajstić information content (AvgIpc) is 3.25. The molecule has 2 N–H and O–H groups in total. The van der Waals surface area contributed by atoms with Crippen LogP contribution in [0.2, 0.25) is 0 Å². The molecule has 0 atom stereocenters. The molecule has 1 amide bonds. The number of amides is 1. The summed E-state index contributed by atoms with van der Waals surface area (Å²) in [5.41, 5.74) is 0.744. The molecule has 4 rings (SSSR count). The van der Waals surface area contributed by atoms with Gasteiger partial charge in [-0.25, -0.2) is 13.4 Å². The number of hydrogen-bond acceptors (Lipinski definition) is 7. The maximum Gasteiger partial charge on any atom is 0.264 e. The number of carbonyl (C=O) groups is 1. The molecule has 0 fully saturated rings. The van der Waals surface area contributed by atoms with Crippen LogP contribution in [0, 0.1) is 0 Å². The molecule has 152 valence electrons. The summed E-state index contributed by atoms with van der Waals surface area (Å²) in [4.78, 5) is 20.6. The first kappa shape index (κ1) is 19.8. The lowest BCUT2D eigenvalue weighted by Crippen LogP contribution is -2.20. The molecular weight excluding hydrogens is 424 g/mol. The molecule has 0 aliphatic carbocycles. The number of nitrogens with zero attached hydrogens (tertiary/aromatic N) is 2. The molecule has 0 unspecified atom stereocenters. The first-order valence-electron chi connectivity index (χ1n) is 8.81. The van der Waals surface area contributed by atoms with Gasteiger partial charge in [-0.15, -0.1) is 11.3 Å². The van der Waals surface area contributed by atoms with Crippen molar-refractivity contribution >= 4 is 49.0 Å². The standard InChI is InChI=1S/C20H16N4O4S2/c25-18(13-28-14-5-2-1-3-6-14)23-16-8-9-17(15-7-4-10-21-19(15)16)30(26,27)24-20-22-11-12-29-20/h1-12H,13H2,(H,22,24)(H,23,25). The Morgan fingerprint density at radius 3 is 2.60 bits per heavy atom. The van der Waals surface area contributed by atoms with E-state index in [0.717, 1.165) is 0 Å². The number of aromatic nitrogens is 2. The minimum atomic E-state index is -3.88. The van der Waals surface area contributed by atoms with Crippen molar-refractivity contribution < 1.29 is 17.9 Å². The van der Waals surface area contributed by atoms with E-state index in [1.165, 1.54) is 35.9 Å². The van der Waals surface area contributed by atoms with Crippen LogP contribution >= 0.6 is 11.3 Å². The number of ether oxygens (including phenoxy) is 1. The van der Waals surface area contributed by atoms with Gasteiger partial charge in [-0.2, -0.15) is 0 Å². The maximum atomic E-state index is 12.8. The van der Waals surface area contributed by atoms with Crippen LogP contribution in [0.4, 0.5) is 10.8 Å². The molecule has 0 aliphatic heterocycles. The Labute approximate surface area is 176 Å². The molecule has 0 saturated heterocycles. The van der Waals surface area contributed by atoms with Crippen molar-refractivity contribution in [3.63, 3.8) is 0 Å². The number of anilines is 2. The molecule has 30 heavy (non-hydrogen) atoms. The number of fused-ring (bicyclic) bond motifs is 1. The molecule has 4 aromatic rings. The van der Waals surface area contributed by atoms with Gasteiger partial charge in [-0.05, 0) is 36.4 Å². The molecule has 0 radical (unpaired) electrons. The Morgan fingerprint density at radius 2 is 1.83 bits per heavy atom. The second-order valence-electron chi connectivity index (χ2n) is 6.10. The summed E-state index contributed by atoms with van der Waals surface area (Å²) in [5, 5.41) is 5.05. The minimum absolute atomic E-state index is 0.0411. The summed E-state index contributed by atoms with van der Waals surface area (Å²) in [5.74, 6) is 0.188. The molecule has 2 aromatic heterocycles. The largest absolute Gasteiger partial charge is 0.484 e. The van der Waals surface area contributed by atoms with Gasteiger partial charge in [-0.1, -0.05) is 18.2 Å². The molecule has 2 aromatic carbocycles. The average molecular weight is 441 g/mol. The Bertz CT molecular complexity index is 1280. The van der Waals surface area contributed by atoms with Gasteiger partial charge in [0.15, 0.2) is 11.7 Å². The number of benzene rings is 2. The highest BCUT2D eigenvalue weighted by Gasteiger charge is 2.21. The summed E-state index contributed by atoms with van der Waals surface area (Å²) in [6, 6.07) is 15.2. The predicted octanol–water partition coefficient (Wildman–Crippen LogP) is 3.51. The Morgan fingerprint density at radius 1 is 1.00 bits per heavy atom. The van der Waals surface area contributed by atoms with Crippen molar-refractivity contribution in [3.8, 4) is 5.75 Å². The molecule has 2 heterocycles. The van der Waals surface area contributed by atoms with Crippen molar-refractivity contribution in [1.82, 2.24) is 9.97 Å². The van der Waals surface area contributed by atoms with E-state index >= 15 is 0 Å². The van der Waals surface area contributed by atoms with Crippen LogP contribution in [-0.2, 0) is 14.8 Å². The van der Waals surface area contributed by atoms with Crippen molar-refractivity contribution in [2.45, 2.75) is 4.90 Å². The topological polar surface area (TPSA) is 110 Å². The fraction of sp³-hybridized carbons (Fsp3) is 0.0500. The first-order chi connectivity index (χ1) is 14.5. The van der Waals surface area contributed by atoms with Gasteiger partial charge in [-0.3, -0.25) is 14.5 Å². The van der Waals surface area contributed by atoms with E-state index in [2.05, 4.69) is 20.0 Å². The number of pyridine rings is 1. The van der Waals surface area contributed by atoms with Crippen LogP contribution < -0.4 is 14.8 Å². The van der Waals surface area contributed by atoms with Crippen LogP contribution in [0.5, 0.6) is 5.75 Å². The van der Waals surface area contributed by atoms with E-state index in [0.29, 0.717) is 22.3 Å². The van der Waals surface area contributed by atoms with Crippen molar-refractivity contribution in [3.05, 3.63) is 72.4 Å². The van der Waals surface area contributed by atoms with Gasteiger partial charge >= 0.3 is 0 Å². The molecular formula is C20H16N4O4S2. The molecule has 0 spiro atoms. The number of carbonyl (C=O) groups excluding carboxylic acids is 1. The van der Waals surface area contributed by atoms with E-state index in [4.69, 9.17) is 4.74 Å². The smallest absolute Gasteiger partial charge is 0.264 e. The zero-order chi connectivity index (χ0) is 21.0. The fourth-order valence-corrected chi connectivity index (χ4v) is 4.77. The van der Waals surface area contributed by atoms with Gasteiger partial charge in [0.05, 0.1) is 16.1 Å². The normalized spacial score (nSPS) is 11.2. The van der Waals surface area contributed by atoms with Crippen LogP contribution in [0.25, 0.3) is 10.9 Å². The summed E-state index contributed by atoms with van der Waals surface area (Å²) in [6.07, 6.45) is 3.04. The highest BCUT2D eigenvalue weighted by Crippen LogP contribution is 2.29. The lowest BCUT2D eigenvalue weighted by atomic mass is 10.2. The van der Waals surface area contributed by atoms with Gasteiger partial charge in [0, 0.05) is 23.2 Å². The SMILES string of the molecule is O=C(COc1ccccc1)Nc1ccc(S(=O)(=O)Nc2nccs2)c2cccnc12. The van der Waals surface area contributed by atoms with Gasteiger partial charge in [0.2, 0.25) is 0 Å². The maximum absolute atomic E-state index is 12.8. The van der Waals surface area contributed by atoms with Crippen molar-refractivity contribution in [2.75, 3.05) is 16.6 Å². The molecule has 10 heteroatoms. The summed E-state index contributed by atoms with van der Waals surface area (Å²) >= 11 is 1.18. The zero-order valence-electron chi connectivity index (χ0n) is 15.5.